The van der Waals surface area contributed by atoms with Crippen LogP contribution in [0.3, 0.4) is 0 Å². The number of halogens is 1. The first-order valence-electron chi connectivity index (χ1n) is 5.81. The van der Waals surface area contributed by atoms with Gasteiger partial charge < -0.3 is 10.3 Å². The van der Waals surface area contributed by atoms with Crippen molar-refractivity contribution in [1.82, 2.24) is 4.57 Å². The molecule has 0 aliphatic carbocycles. The summed E-state index contributed by atoms with van der Waals surface area (Å²) >= 11 is 3.49. The zero-order valence-electron chi connectivity index (χ0n) is 9.81. The molecule has 0 spiro atoms. The van der Waals surface area contributed by atoms with Gasteiger partial charge in [-0.1, -0.05) is 28.1 Å². The predicted molar refractivity (Wildman–Crippen MR) is 79.6 cm³/mol. The summed E-state index contributed by atoms with van der Waals surface area (Å²) in [5.41, 5.74) is 9.07. The largest absolute Gasteiger partial charge is 0.399 e. The molecule has 1 aromatic heterocycles. The first-order chi connectivity index (χ1) is 8.72. The van der Waals surface area contributed by atoms with Crippen LogP contribution in [0.2, 0.25) is 0 Å². The first-order valence-corrected chi connectivity index (χ1v) is 6.60. The van der Waals surface area contributed by atoms with E-state index in [0.717, 1.165) is 16.7 Å². The Kier molecular flexibility index (Phi) is 2.84. The van der Waals surface area contributed by atoms with Gasteiger partial charge in [0.25, 0.3) is 0 Å². The van der Waals surface area contributed by atoms with Crippen molar-refractivity contribution in [3.63, 3.8) is 0 Å². The molecule has 0 saturated heterocycles. The van der Waals surface area contributed by atoms with E-state index in [1.165, 1.54) is 16.5 Å². The Morgan fingerprint density at radius 2 is 1.94 bits per heavy atom. The fourth-order valence-electron chi connectivity index (χ4n) is 2.20. The van der Waals surface area contributed by atoms with Crippen LogP contribution < -0.4 is 5.73 Å². The highest BCUT2D eigenvalue weighted by atomic mass is 79.9. The lowest BCUT2D eigenvalue weighted by molar-refractivity contribution is 0.837. The molecule has 1 heterocycles. The Balaban J connectivity index is 2.00. The average molecular weight is 301 g/mol. The second-order valence-corrected chi connectivity index (χ2v) is 5.31. The summed E-state index contributed by atoms with van der Waals surface area (Å²) in [7, 11) is 0. The zero-order chi connectivity index (χ0) is 12.5. The minimum absolute atomic E-state index is 0.812. The van der Waals surface area contributed by atoms with Gasteiger partial charge in [-0.05, 0) is 42.0 Å². The van der Waals surface area contributed by atoms with Crippen molar-refractivity contribution in [2.24, 2.45) is 0 Å². The van der Waals surface area contributed by atoms with E-state index in [1.807, 2.05) is 18.2 Å². The van der Waals surface area contributed by atoms with E-state index < -0.39 is 0 Å². The monoisotopic (exact) mass is 300 g/mol. The Labute approximate surface area is 114 Å². The summed E-state index contributed by atoms with van der Waals surface area (Å²) in [5, 5.41) is 1.24. The molecule has 3 rings (SSSR count). The standard InChI is InChI=1S/C15H13BrN2/c16-13-4-5-15-12(9-13)6-7-18(15)10-11-2-1-3-14(17)8-11/h1-9H,10,17H2. The van der Waals surface area contributed by atoms with Crippen molar-refractivity contribution in [2.75, 3.05) is 5.73 Å². The number of fused-ring (bicyclic) bond motifs is 1. The van der Waals surface area contributed by atoms with E-state index in [2.05, 4.69) is 57.0 Å². The maximum absolute atomic E-state index is 5.80. The van der Waals surface area contributed by atoms with Crippen LogP contribution in [-0.4, -0.2) is 4.57 Å². The van der Waals surface area contributed by atoms with Gasteiger partial charge in [0.2, 0.25) is 0 Å². The van der Waals surface area contributed by atoms with Crippen LogP contribution >= 0.6 is 15.9 Å². The maximum atomic E-state index is 5.80. The van der Waals surface area contributed by atoms with E-state index in [0.29, 0.717) is 0 Å². The molecule has 2 nitrogen and oxygen atoms in total. The van der Waals surface area contributed by atoms with Crippen LogP contribution in [0.25, 0.3) is 10.9 Å². The van der Waals surface area contributed by atoms with Gasteiger partial charge in [0.05, 0.1) is 0 Å². The van der Waals surface area contributed by atoms with Crippen molar-refractivity contribution < 1.29 is 0 Å². The van der Waals surface area contributed by atoms with Gasteiger partial charge in [0.1, 0.15) is 0 Å². The molecule has 0 fully saturated rings. The molecule has 0 radical (unpaired) electrons. The lowest BCUT2D eigenvalue weighted by atomic mass is 10.2. The Morgan fingerprint density at radius 1 is 1.06 bits per heavy atom. The van der Waals surface area contributed by atoms with Crippen LogP contribution in [0.5, 0.6) is 0 Å². The van der Waals surface area contributed by atoms with Crippen LogP contribution in [-0.2, 0) is 6.54 Å². The molecule has 0 saturated carbocycles. The highest BCUT2D eigenvalue weighted by Crippen LogP contribution is 2.22. The fraction of sp³-hybridized carbons (Fsp3) is 0.0667. The van der Waals surface area contributed by atoms with Crippen molar-refractivity contribution >= 4 is 32.5 Å². The van der Waals surface area contributed by atoms with Gasteiger partial charge in [-0.25, -0.2) is 0 Å². The maximum Gasteiger partial charge on any atom is 0.0484 e. The third-order valence-corrected chi connectivity index (χ3v) is 3.53. The molecule has 0 atom stereocenters. The minimum Gasteiger partial charge on any atom is -0.399 e. The van der Waals surface area contributed by atoms with E-state index in [1.54, 1.807) is 0 Å². The third-order valence-electron chi connectivity index (χ3n) is 3.04. The Hall–Kier alpha value is -1.74. The summed E-state index contributed by atoms with van der Waals surface area (Å²) < 4.78 is 3.34. The van der Waals surface area contributed by atoms with Gasteiger partial charge in [0.15, 0.2) is 0 Å². The second kappa shape index (κ2) is 4.50. The van der Waals surface area contributed by atoms with Gasteiger partial charge in [0, 0.05) is 33.8 Å². The summed E-state index contributed by atoms with van der Waals surface area (Å²) in [5.74, 6) is 0. The number of hydrogen-bond donors (Lipinski definition) is 1. The molecule has 3 heteroatoms. The molecular weight excluding hydrogens is 288 g/mol. The molecule has 2 N–H and O–H groups in total. The molecule has 0 amide bonds. The molecule has 18 heavy (non-hydrogen) atoms. The molecule has 0 aliphatic heterocycles. The van der Waals surface area contributed by atoms with Gasteiger partial charge in [-0.3, -0.25) is 0 Å². The summed E-state index contributed by atoms with van der Waals surface area (Å²) in [4.78, 5) is 0. The number of benzene rings is 2. The average Bonchev–Trinajstić information content (AvgIpc) is 2.72. The van der Waals surface area contributed by atoms with E-state index in [9.17, 15) is 0 Å². The molecular formula is C15H13BrN2. The van der Waals surface area contributed by atoms with Crippen molar-refractivity contribution in [1.29, 1.82) is 0 Å². The summed E-state index contributed by atoms with van der Waals surface area (Å²) in [6.07, 6.45) is 2.11. The topological polar surface area (TPSA) is 30.9 Å². The predicted octanol–water partition coefficient (Wildman–Crippen LogP) is 4.03. The highest BCUT2D eigenvalue weighted by Gasteiger charge is 2.02. The van der Waals surface area contributed by atoms with Crippen molar-refractivity contribution in [2.45, 2.75) is 6.54 Å². The number of nitrogens with zero attached hydrogens (tertiary/aromatic N) is 1. The number of nitrogen functional groups attached to an aromatic ring is 1. The van der Waals surface area contributed by atoms with E-state index in [-0.39, 0.29) is 0 Å². The molecule has 0 unspecified atom stereocenters. The van der Waals surface area contributed by atoms with Gasteiger partial charge in [-0.15, -0.1) is 0 Å². The zero-order valence-corrected chi connectivity index (χ0v) is 11.4. The third kappa shape index (κ3) is 2.14. The minimum atomic E-state index is 0.812. The molecule has 0 aliphatic rings. The molecule has 3 aromatic rings. The second-order valence-electron chi connectivity index (χ2n) is 4.39. The van der Waals surface area contributed by atoms with E-state index >= 15 is 0 Å². The van der Waals surface area contributed by atoms with E-state index in [4.69, 9.17) is 5.73 Å². The summed E-state index contributed by atoms with van der Waals surface area (Å²) in [6, 6.07) is 16.5. The van der Waals surface area contributed by atoms with Crippen LogP contribution in [0.4, 0.5) is 5.69 Å². The number of nitrogens with two attached hydrogens (primary N) is 1. The SMILES string of the molecule is Nc1cccc(Cn2ccc3cc(Br)ccc32)c1. The van der Waals surface area contributed by atoms with Gasteiger partial charge in [-0.2, -0.15) is 0 Å². The number of hydrogen-bond acceptors (Lipinski definition) is 1. The lowest BCUT2D eigenvalue weighted by Gasteiger charge is -2.06. The Bertz CT molecular complexity index is 701. The Morgan fingerprint density at radius 3 is 2.78 bits per heavy atom. The van der Waals surface area contributed by atoms with Crippen LogP contribution in [0.1, 0.15) is 5.56 Å². The number of anilines is 1. The summed E-state index contributed by atoms with van der Waals surface area (Å²) in [6.45, 7) is 0.843. The number of aromatic nitrogens is 1. The molecule has 2 aromatic carbocycles. The quantitative estimate of drug-likeness (QED) is 0.712. The molecule has 90 valence electrons. The smallest absolute Gasteiger partial charge is 0.0484 e. The fourth-order valence-corrected chi connectivity index (χ4v) is 2.58. The first kappa shape index (κ1) is 11.4. The van der Waals surface area contributed by atoms with Crippen molar-refractivity contribution in [3.05, 3.63) is 64.8 Å². The lowest BCUT2D eigenvalue weighted by Crippen LogP contribution is -1.98. The van der Waals surface area contributed by atoms with Crippen molar-refractivity contribution in [3.8, 4) is 0 Å². The van der Waals surface area contributed by atoms with Crippen LogP contribution in [0, 0.1) is 0 Å². The van der Waals surface area contributed by atoms with Gasteiger partial charge >= 0.3 is 0 Å². The normalized spacial score (nSPS) is 10.9. The highest BCUT2D eigenvalue weighted by molar-refractivity contribution is 9.10. The van der Waals surface area contributed by atoms with Crippen LogP contribution in [0.15, 0.2) is 59.2 Å². The molecule has 0 bridgehead atoms. The number of rotatable bonds is 2.